The number of methoxy groups -OCH3 is 2. The van der Waals surface area contributed by atoms with Crippen molar-refractivity contribution in [2.75, 3.05) is 27.4 Å². The van der Waals surface area contributed by atoms with E-state index < -0.39 is 24.1 Å². The van der Waals surface area contributed by atoms with Gasteiger partial charge in [0.05, 0.1) is 5.97 Å². The van der Waals surface area contributed by atoms with Gasteiger partial charge in [-0.2, -0.15) is 0 Å². The third-order valence-electron chi connectivity index (χ3n) is 3.88. The van der Waals surface area contributed by atoms with E-state index in [-0.39, 0.29) is 76.9 Å². The zero-order valence-electron chi connectivity index (χ0n) is 17.7. The van der Waals surface area contributed by atoms with Crippen molar-refractivity contribution in [3.05, 3.63) is 59.7 Å². The van der Waals surface area contributed by atoms with Crippen LogP contribution in [0.3, 0.4) is 0 Å². The van der Waals surface area contributed by atoms with E-state index in [9.17, 15) is 19.5 Å². The van der Waals surface area contributed by atoms with E-state index in [4.69, 9.17) is 18.9 Å². The van der Waals surface area contributed by atoms with Gasteiger partial charge >= 0.3 is 59.1 Å². The summed E-state index contributed by atoms with van der Waals surface area (Å²) >= 11 is 0. The first kappa shape index (κ1) is 31.9. The number of benzene rings is 2. The predicted molar refractivity (Wildman–Crippen MR) is 96.5 cm³/mol. The van der Waals surface area contributed by atoms with Crippen LogP contribution in [0.5, 0.6) is 11.5 Å². The SMILES string of the molecule is COC(OC)(C(=O)c1ccc(OC[C-]=O)cc1)c1ccc(OCC(=O)[O-])cc1.[Na+].[Na+].[OH-]. The summed E-state index contributed by atoms with van der Waals surface area (Å²) in [6.45, 7) is -0.798. The molecule has 0 aromatic heterocycles. The normalized spacial score (nSPS) is 9.87. The molecule has 0 aliphatic rings. The van der Waals surface area contributed by atoms with Crippen LogP contribution in [-0.2, 0) is 24.8 Å². The summed E-state index contributed by atoms with van der Waals surface area (Å²) in [6.07, 6.45) is 1.61. The van der Waals surface area contributed by atoms with E-state index in [0.29, 0.717) is 16.9 Å². The number of aliphatic carboxylic acids is 1. The van der Waals surface area contributed by atoms with E-state index in [1.807, 2.05) is 0 Å². The van der Waals surface area contributed by atoms with Crippen molar-refractivity contribution in [3.8, 4) is 11.5 Å². The topological polar surface area (TPSA) is 141 Å². The van der Waals surface area contributed by atoms with Crippen molar-refractivity contribution in [2.24, 2.45) is 0 Å². The van der Waals surface area contributed by atoms with Crippen LogP contribution >= 0.6 is 0 Å². The summed E-state index contributed by atoms with van der Waals surface area (Å²) in [4.78, 5) is 33.8. The number of ketones is 1. The van der Waals surface area contributed by atoms with Crippen LogP contribution in [0, 0.1) is 0 Å². The van der Waals surface area contributed by atoms with Crippen LogP contribution in [0.15, 0.2) is 48.5 Å². The molecule has 156 valence electrons. The number of hydrogen-bond acceptors (Lipinski definition) is 9. The van der Waals surface area contributed by atoms with Gasteiger partial charge in [0.2, 0.25) is 5.78 Å². The summed E-state index contributed by atoms with van der Waals surface area (Å²) < 4.78 is 21.0. The fourth-order valence-corrected chi connectivity index (χ4v) is 2.55. The summed E-state index contributed by atoms with van der Waals surface area (Å²) in [5, 5.41) is 10.5. The molecule has 0 aliphatic carbocycles. The molecule has 2 aromatic rings. The van der Waals surface area contributed by atoms with E-state index in [0.717, 1.165) is 0 Å². The van der Waals surface area contributed by atoms with Gasteiger partial charge in [-0.1, -0.05) is 0 Å². The molecule has 31 heavy (non-hydrogen) atoms. The molecule has 0 spiro atoms. The zero-order valence-corrected chi connectivity index (χ0v) is 21.7. The van der Waals surface area contributed by atoms with Crippen LogP contribution in [-0.4, -0.2) is 50.9 Å². The van der Waals surface area contributed by atoms with E-state index in [1.54, 1.807) is 6.29 Å². The Morgan fingerprint density at radius 2 is 1.39 bits per heavy atom. The Hall–Kier alpha value is -1.27. The van der Waals surface area contributed by atoms with Gasteiger partial charge in [0, 0.05) is 25.3 Å². The minimum Gasteiger partial charge on any atom is -0.870 e. The van der Waals surface area contributed by atoms with Crippen LogP contribution < -0.4 is 73.7 Å². The van der Waals surface area contributed by atoms with E-state index >= 15 is 0 Å². The van der Waals surface area contributed by atoms with Crippen LogP contribution in [0.4, 0.5) is 0 Å². The van der Waals surface area contributed by atoms with Gasteiger partial charge in [-0.15, -0.1) is 0 Å². The third kappa shape index (κ3) is 8.30. The maximum Gasteiger partial charge on any atom is 1.00 e. The molecular weight excluding hydrogens is 430 g/mol. The monoisotopic (exact) mass is 449 g/mol. The number of carbonyl (C=O) groups excluding carboxylic acids is 3. The Morgan fingerprint density at radius 3 is 1.84 bits per heavy atom. The second kappa shape index (κ2) is 15.5. The molecule has 0 unspecified atom stereocenters. The smallest absolute Gasteiger partial charge is 0.870 e. The van der Waals surface area contributed by atoms with Crippen molar-refractivity contribution in [3.63, 3.8) is 0 Å². The summed E-state index contributed by atoms with van der Waals surface area (Å²) in [5.41, 5.74) is 0.683. The van der Waals surface area contributed by atoms with Gasteiger partial charge in [0.15, 0.2) is 0 Å². The Bertz CT molecular complexity index is 820. The zero-order chi connectivity index (χ0) is 20.6. The number of ether oxygens (including phenoxy) is 4. The second-order valence-electron chi connectivity index (χ2n) is 5.50. The summed E-state index contributed by atoms with van der Waals surface area (Å²) in [5.74, 6) is -2.83. The van der Waals surface area contributed by atoms with Gasteiger partial charge < -0.3 is 39.1 Å². The maximum absolute atomic E-state index is 13.1. The van der Waals surface area contributed by atoms with E-state index in [2.05, 4.69) is 0 Å². The molecule has 0 saturated carbocycles. The molecule has 9 nitrogen and oxygen atoms in total. The van der Waals surface area contributed by atoms with Crippen molar-refractivity contribution < 1.29 is 103 Å². The molecule has 11 heteroatoms. The molecule has 0 heterocycles. The number of carboxylic acids is 1. The molecule has 0 amide bonds. The standard InChI is InChI=1S/C20H19O8.2Na.H2O/c1-25-20(26-2,15-5-9-17(10-6-15)28-13-18(22)23)19(24)14-3-7-16(8-4-14)27-12-11-21;;;/h3-10H,12-13H2,1-2H3,(H,22,23);;;1H2/q-1;2*+1;/p-2. The van der Waals surface area contributed by atoms with Crippen LogP contribution in [0.25, 0.3) is 0 Å². The van der Waals surface area contributed by atoms with Crippen molar-refractivity contribution in [2.45, 2.75) is 5.79 Å². The van der Waals surface area contributed by atoms with Gasteiger partial charge in [-0.05, 0) is 55.1 Å². The number of hydrogen-bond donors (Lipinski definition) is 0. The number of rotatable bonds is 11. The first-order valence-corrected chi connectivity index (χ1v) is 8.13. The average Bonchev–Trinajstić information content (AvgIpc) is 2.73. The van der Waals surface area contributed by atoms with Gasteiger partial charge in [-0.25, -0.2) is 6.29 Å². The Morgan fingerprint density at radius 1 is 0.903 bits per heavy atom. The number of Topliss-reactive ketones (excluding diaryl/α,β-unsaturated/α-hetero) is 1. The number of carboxylic acid groups (broad SMARTS) is 1. The number of carbonyl (C=O) groups is 2. The average molecular weight is 449 g/mol. The summed E-state index contributed by atoms with van der Waals surface area (Å²) in [7, 11) is 2.67. The maximum atomic E-state index is 13.1. The molecule has 0 fully saturated rings. The van der Waals surface area contributed by atoms with Crippen molar-refractivity contribution >= 4 is 18.0 Å². The molecule has 0 atom stereocenters. The first-order chi connectivity index (χ1) is 13.5. The van der Waals surface area contributed by atoms with E-state index in [1.165, 1.54) is 62.8 Å². The van der Waals surface area contributed by atoms with Crippen molar-refractivity contribution in [1.82, 2.24) is 0 Å². The summed E-state index contributed by atoms with van der Waals surface area (Å²) in [6, 6.07) is 12.2. The van der Waals surface area contributed by atoms with Gasteiger partial charge in [-0.3, -0.25) is 4.79 Å². The van der Waals surface area contributed by atoms with Gasteiger partial charge in [0.25, 0.3) is 5.79 Å². The molecule has 2 aromatic carbocycles. The third-order valence-corrected chi connectivity index (χ3v) is 3.88. The molecule has 0 bridgehead atoms. The molecule has 2 rings (SSSR count). The fourth-order valence-electron chi connectivity index (χ4n) is 2.55. The first-order valence-electron chi connectivity index (χ1n) is 8.13. The quantitative estimate of drug-likeness (QED) is 0.142. The Labute approximate surface area is 223 Å². The minimum atomic E-state index is -1.72. The van der Waals surface area contributed by atoms with Crippen molar-refractivity contribution in [1.29, 1.82) is 0 Å². The minimum absolute atomic E-state index is 0. The molecule has 0 radical (unpaired) electrons. The molecule has 0 saturated heterocycles. The molecule has 0 aliphatic heterocycles. The molecule has 1 N–H and O–H groups in total. The van der Waals surface area contributed by atoms with Crippen LogP contribution in [0.1, 0.15) is 15.9 Å². The van der Waals surface area contributed by atoms with Crippen LogP contribution in [0.2, 0.25) is 0 Å². The predicted octanol–water partition coefficient (Wildman–Crippen LogP) is -5.54. The Balaban J connectivity index is 0. The second-order valence-corrected chi connectivity index (χ2v) is 5.50. The Kier molecular flexibility index (Phi) is 16.0. The largest absolute Gasteiger partial charge is 1.00 e. The van der Waals surface area contributed by atoms with Gasteiger partial charge in [0.1, 0.15) is 18.1 Å². The fraction of sp³-hybridized carbons (Fsp3) is 0.250. The molecular formula is C20H19Na2O9-.